The van der Waals surface area contributed by atoms with Crippen LogP contribution in [-0.4, -0.2) is 11.0 Å². The second-order valence-electron chi connectivity index (χ2n) is 4.02. The zero-order valence-corrected chi connectivity index (χ0v) is 11.6. The fraction of sp³-hybridized carbons (Fsp3) is 0.0714. The van der Waals surface area contributed by atoms with E-state index in [-0.39, 0.29) is 17.2 Å². The second-order valence-corrected chi connectivity index (χ2v) is 4.93. The Bertz CT molecular complexity index is 597. The number of aromatic hydroxyl groups is 1. The minimum absolute atomic E-state index is 0.0562. The van der Waals surface area contributed by atoms with Crippen LogP contribution in [-0.2, 0) is 6.54 Å². The molecule has 1 amide bonds. The Morgan fingerprint density at radius 1 is 1.21 bits per heavy atom. The zero-order valence-electron chi connectivity index (χ0n) is 10.1. The molecule has 4 N–H and O–H groups in total. The molecule has 2 rings (SSSR count). The van der Waals surface area contributed by atoms with E-state index in [4.69, 9.17) is 5.73 Å². The summed E-state index contributed by atoms with van der Waals surface area (Å²) in [6, 6.07) is 11.9. The average Bonchev–Trinajstić information content (AvgIpc) is 2.42. The Labute approximate surface area is 119 Å². The van der Waals surface area contributed by atoms with E-state index in [0.717, 1.165) is 10.0 Å². The number of halogens is 1. The average molecular weight is 321 g/mol. The van der Waals surface area contributed by atoms with Crippen molar-refractivity contribution in [3.8, 4) is 5.75 Å². The van der Waals surface area contributed by atoms with E-state index in [1.54, 1.807) is 24.3 Å². The van der Waals surface area contributed by atoms with Crippen LogP contribution in [0.4, 0.5) is 5.69 Å². The third-order valence-corrected chi connectivity index (χ3v) is 3.14. The highest BCUT2D eigenvalue weighted by molar-refractivity contribution is 9.10. The number of nitrogens with one attached hydrogen (secondary N) is 1. The molecular formula is C14H13BrN2O2. The van der Waals surface area contributed by atoms with Crippen LogP contribution in [0.15, 0.2) is 46.9 Å². The summed E-state index contributed by atoms with van der Waals surface area (Å²) in [5.74, 6) is -0.418. The Morgan fingerprint density at radius 3 is 2.53 bits per heavy atom. The summed E-state index contributed by atoms with van der Waals surface area (Å²) in [5.41, 5.74) is 7.37. The van der Waals surface area contributed by atoms with Gasteiger partial charge in [0.25, 0.3) is 5.91 Å². The third-order valence-electron chi connectivity index (χ3n) is 2.65. The van der Waals surface area contributed by atoms with Crippen molar-refractivity contribution in [1.82, 2.24) is 0 Å². The SMILES string of the molecule is NCc1ccc(NC(=O)c2cc(Br)ccc2O)cc1. The van der Waals surface area contributed by atoms with E-state index >= 15 is 0 Å². The predicted molar refractivity (Wildman–Crippen MR) is 78.1 cm³/mol. The number of hydrogen-bond acceptors (Lipinski definition) is 3. The monoisotopic (exact) mass is 320 g/mol. The summed E-state index contributed by atoms with van der Waals surface area (Å²) in [5, 5.41) is 12.4. The first-order valence-electron chi connectivity index (χ1n) is 5.69. The van der Waals surface area contributed by atoms with E-state index in [0.29, 0.717) is 12.2 Å². The van der Waals surface area contributed by atoms with Crippen LogP contribution in [0.3, 0.4) is 0 Å². The molecular weight excluding hydrogens is 308 g/mol. The van der Waals surface area contributed by atoms with Gasteiger partial charge in [-0.05, 0) is 35.9 Å². The lowest BCUT2D eigenvalue weighted by molar-refractivity contribution is 0.102. The van der Waals surface area contributed by atoms with Crippen molar-refractivity contribution in [3.05, 3.63) is 58.1 Å². The molecule has 0 saturated carbocycles. The molecule has 0 bridgehead atoms. The van der Waals surface area contributed by atoms with E-state index < -0.39 is 0 Å². The number of nitrogens with two attached hydrogens (primary N) is 1. The fourth-order valence-corrected chi connectivity index (χ4v) is 1.97. The molecule has 0 aliphatic rings. The number of anilines is 1. The van der Waals surface area contributed by atoms with Gasteiger partial charge in [0.05, 0.1) is 5.56 Å². The Balaban J connectivity index is 2.18. The normalized spacial score (nSPS) is 10.2. The maximum Gasteiger partial charge on any atom is 0.259 e. The maximum absolute atomic E-state index is 12.0. The Kier molecular flexibility index (Phi) is 4.19. The van der Waals surface area contributed by atoms with Gasteiger partial charge in [0.15, 0.2) is 0 Å². The van der Waals surface area contributed by atoms with Gasteiger partial charge in [0.2, 0.25) is 0 Å². The van der Waals surface area contributed by atoms with Crippen molar-refractivity contribution in [1.29, 1.82) is 0 Å². The van der Waals surface area contributed by atoms with Crippen LogP contribution in [0.2, 0.25) is 0 Å². The first kappa shape index (κ1) is 13.6. The van der Waals surface area contributed by atoms with Crippen molar-refractivity contribution in [2.24, 2.45) is 5.73 Å². The fourth-order valence-electron chi connectivity index (χ4n) is 1.61. The molecule has 0 aliphatic carbocycles. The van der Waals surface area contributed by atoms with Crippen LogP contribution in [0.5, 0.6) is 5.75 Å². The molecule has 0 spiro atoms. The Hall–Kier alpha value is -1.85. The molecule has 0 heterocycles. The van der Waals surface area contributed by atoms with Crippen LogP contribution in [0.1, 0.15) is 15.9 Å². The van der Waals surface area contributed by atoms with E-state index in [1.807, 2.05) is 12.1 Å². The van der Waals surface area contributed by atoms with Gasteiger partial charge in [-0.2, -0.15) is 0 Å². The van der Waals surface area contributed by atoms with Gasteiger partial charge >= 0.3 is 0 Å². The maximum atomic E-state index is 12.0. The molecule has 0 unspecified atom stereocenters. The van der Waals surface area contributed by atoms with Gasteiger partial charge in [0, 0.05) is 16.7 Å². The van der Waals surface area contributed by atoms with Crippen molar-refractivity contribution < 1.29 is 9.90 Å². The molecule has 2 aromatic carbocycles. The minimum Gasteiger partial charge on any atom is -0.507 e. The minimum atomic E-state index is -0.362. The van der Waals surface area contributed by atoms with Gasteiger partial charge in [-0.1, -0.05) is 28.1 Å². The third kappa shape index (κ3) is 3.33. The summed E-state index contributed by atoms with van der Waals surface area (Å²) in [6.45, 7) is 0.459. The topological polar surface area (TPSA) is 75.3 Å². The van der Waals surface area contributed by atoms with Crippen LogP contribution < -0.4 is 11.1 Å². The number of amides is 1. The zero-order chi connectivity index (χ0) is 13.8. The van der Waals surface area contributed by atoms with Crippen LogP contribution in [0.25, 0.3) is 0 Å². The van der Waals surface area contributed by atoms with Crippen molar-refractivity contribution in [3.63, 3.8) is 0 Å². The van der Waals surface area contributed by atoms with Crippen LogP contribution in [0, 0.1) is 0 Å². The van der Waals surface area contributed by atoms with Gasteiger partial charge in [-0.3, -0.25) is 4.79 Å². The van der Waals surface area contributed by atoms with E-state index in [1.165, 1.54) is 6.07 Å². The lowest BCUT2D eigenvalue weighted by Gasteiger charge is -2.08. The summed E-state index contributed by atoms with van der Waals surface area (Å²) >= 11 is 3.26. The Morgan fingerprint density at radius 2 is 1.89 bits per heavy atom. The quantitative estimate of drug-likeness (QED) is 0.814. The molecule has 0 radical (unpaired) electrons. The molecule has 5 heteroatoms. The summed E-state index contributed by atoms with van der Waals surface area (Å²) in [6.07, 6.45) is 0. The van der Waals surface area contributed by atoms with E-state index in [2.05, 4.69) is 21.2 Å². The molecule has 19 heavy (non-hydrogen) atoms. The summed E-state index contributed by atoms with van der Waals surface area (Å²) in [4.78, 5) is 12.0. The molecule has 2 aromatic rings. The molecule has 0 fully saturated rings. The van der Waals surface area contributed by atoms with Gasteiger partial charge < -0.3 is 16.2 Å². The standard InChI is InChI=1S/C14H13BrN2O2/c15-10-3-6-13(18)12(7-10)14(19)17-11-4-1-9(8-16)2-5-11/h1-7,18H,8,16H2,(H,17,19). The molecule has 0 atom stereocenters. The number of carbonyl (C=O) groups excluding carboxylic acids is 1. The number of benzene rings is 2. The smallest absolute Gasteiger partial charge is 0.259 e. The van der Waals surface area contributed by atoms with Gasteiger partial charge in [-0.15, -0.1) is 0 Å². The number of rotatable bonds is 3. The number of phenols is 1. The second kappa shape index (κ2) is 5.86. The first-order chi connectivity index (χ1) is 9.10. The van der Waals surface area contributed by atoms with Crippen molar-refractivity contribution in [2.45, 2.75) is 6.54 Å². The summed E-state index contributed by atoms with van der Waals surface area (Å²) < 4.78 is 0.730. The molecule has 0 aliphatic heterocycles. The number of carbonyl (C=O) groups is 1. The summed E-state index contributed by atoms with van der Waals surface area (Å²) in [7, 11) is 0. The van der Waals surface area contributed by atoms with Crippen molar-refractivity contribution >= 4 is 27.5 Å². The lowest BCUT2D eigenvalue weighted by atomic mass is 10.1. The van der Waals surface area contributed by atoms with Gasteiger partial charge in [0.1, 0.15) is 5.75 Å². The molecule has 98 valence electrons. The molecule has 0 saturated heterocycles. The van der Waals surface area contributed by atoms with Crippen molar-refractivity contribution in [2.75, 3.05) is 5.32 Å². The highest BCUT2D eigenvalue weighted by atomic mass is 79.9. The highest BCUT2D eigenvalue weighted by Gasteiger charge is 2.11. The van der Waals surface area contributed by atoms with Crippen LogP contribution >= 0.6 is 15.9 Å². The van der Waals surface area contributed by atoms with E-state index in [9.17, 15) is 9.90 Å². The largest absolute Gasteiger partial charge is 0.507 e. The predicted octanol–water partition coefficient (Wildman–Crippen LogP) is 2.87. The van der Waals surface area contributed by atoms with Gasteiger partial charge in [-0.25, -0.2) is 0 Å². The first-order valence-corrected chi connectivity index (χ1v) is 6.48. The molecule has 4 nitrogen and oxygen atoms in total. The lowest BCUT2D eigenvalue weighted by Crippen LogP contribution is -2.12. The number of hydrogen-bond donors (Lipinski definition) is 3. The molecule has 0 aromatic heterocycles. The number of phenolic OH excluding ortho intramolecular Hbond substituents is 1. The highest BCUT2D eigenvalue weighted by Crippen LogP contribution is 2.23.